The third kappa shape index (κ3) is 6.43. The van der Waals surface area contributed by atoms with Gasteiger partial charge in [0.2, 0.25) is 5.91 Å². The van der Waals surface area contributed by atoms with Crippen LogP contribution < -0.4 is 5.32 Å². The van der Waals surface area contributed by atoms with Crippen molar-refractivity contribution in [2.45, 2.75) is 28.9 Å². The number of carbonyl (C=O) groups is 1. The number of hydrogen-bond acceptors (Lipinski definition) is 5. The number of rotatable bonds is 8. The number of amides is 1. The van der Waals surface area contributed by atoms with E-state index in [9.17, 15) is 14.9 Å². The Bertz CT molecular complexity index is 718. The Morgan fingerprint density at radius 2 is 1.72 bits per heavy atom. The van der Waals surface area contributed by atoms with E-state index >= 15 is 0 Å². The van der Waals surface area contributed by atoms with Gasteiger partial charge in [-0.25, -0.2) is 0 Å². The molecule has 0 saturated carbocycles. The normalized spacial score (nSPS) is 11.8. The van der Waals surface area contributed by atoms with Crippen LogP contribution in [0.15, 0.2) is 58.3 Å². The summed E-state index contributed by atoms with van der Waals surface area (Å²) in [5.41, 5.74) is 1.28. The molecule has 0 saturated heterocycles. The molecule has 7 heteroatoms. The fraction of sp³-hybridized carbons (Fsp3) is 0.278. The molecular weight excluding hydrogens is 356 g/mol. The molecule has 1 atom stereocenters. The van der Waals surface area contributed by atoms with Crippen LogP contribution in [0.1, 0.15) is 12.5 Å². The van der Waals surface area contributed by atoms with E-state index < -0.39 is 4.92 Å². The van der Waals surface area contributed by atoms with Crippen molar-refractivity contribution >= 4 is 35.1 Å². The van der Waals surface area contributed by atoms with Crippen LogP contribution in [0.4, 0.5) is 5.69 Å². The highest BCUT2D eigenvalue weighted by Crippen LogP contribution is 2.25. The molecule has 0 radical (unpaired) electrons. The van der Waals surface area contributed by atoms with Gasteiger partial charge >= 0.3 is 0 Å². The number of thioether (sulfide) groups is 2. The second-order valence-corrected chi connectivity index (χ2v) is 8.05. The Kier molecular flexibility index (Phi) is 7.33. The largest absolute Gasteiger partial charge is 0.354 e. The molecule has 0 aromatic heterocycles. The predicted octanol–water partition coefficient (Wildman–Crippen LogP) is 4.29. The van der Waals surface area contributed by atoms with Crippen molar-refractivity contribution in [2.24, 2.45) is 0 Å². The van der Waals surface area contributed by atoms with E-state index in [-0.39, 0.29) is 16.8 Å². The average molecular weight is 377 g/mol. The lowest BCUT2D eigenvalue weighted by Gasteiger charge is -2.12. The van der Waals surface area contributed by atoms with Crippen LogP contribution in [0.2, 0.25) is 0 Å². The number of nitrogens with one attached hydrogen (secondary N) is 1. The SMILES string of the molecule is Cc1ccc(SCCNC(=O)C(C)Sc2ccc([N+](=O)[O-])cc2)cc1. The van der Waals surface area contributed by atoms with Crippen LogP contribution in [0, 0.1) is 17.0 Å². The summed E-state index contributed by atoms with van der Waals surface area (Å²) in [5, 5.41) is 13.3. The van der Waals surface area contributed by atoms with Crippen LogP contribution in [-0.4, -0.2) is 28.4 Å². The first-order valence-corrected chi connectivity index (χ1v) is 9.70. The maximum atomic E-state index is 12.1. The molecule has 0 aliphatic carbocycles. The first kappa shape index (κ1) is 19.3. The molecule has 1 amide bonds. The molecule has 0 fully saturated rings. The van der Waals surface area contributed by atoms with E-state index in [1.54, 1.807) is 23.9 Å². The molecule has 0 bridgehead atoms. The maximum absolute atomic E-state index is 12.1. The van der Waals surface area contributed by atoms with Crippen molar-refractivity contribution in [1.29, 1.82) is 0 Å². The lowest BCUT2D eigenvalue weighted by molar-refractivity contribution is -0.384. The molecule has 0 aliphatic heterocycles. The summed E-state index contributed by atoms with van der Waals surface area (Å²) in [5.74, 6) is 0.775. The van der Waals surface area contributed by atoms with Gasteiger partial charge in [0.15, 0.2) is 0 Å². The van der Waals surface area contributed by atoms with Gasteiger partial charge in [-0.15, -0.1) is 23.5 Å². The smallest absolute Gasteiger partial charge is 0.269 e. The Balaban J connectivity index is 1.72. The Hall–Kier alpha value is -1.99. The number of carbonyl (C=O) groups excluding carboxylic acids is 1. The summed E-state index contributed by atoms with van der Waals surface area (Å²) in [7, 11) is 0. The number of aryl methyl sites for hydroxylation is 1. The molecule has 0 heterocycles. The van der Waals surface area contributed by atoms with Gasteiger partial charge in [0, 0.05) is 34.2 Å². The maximum Gasteiger partial charge on any atom is 0.269 e. The molecule has 5 nitrogen and oxygen atoms in total. The number of nitro groups is 1. The van der Waals surface area contributed by atoms with Crippen molar-refractivity contribution in [3.05, 3.63) is 64.2 Å². The second kappa shape index (κ2) is 9.48. The van der Waals surface area contributed by atoms with E-state index in [0.717, 1.165) is 10.6 Å². The third-order valence-electron chi connectivity index (χ3n) is 3.42. The zero-order valence-electron chi connectivity index (χ0n) is 14.1. The minimum atomic E-state index is -0.434. The van der Waals surface area contributed by atoms with Crippen LogP contribution in [0.5, 0.6) is 0 Å². The van der Waals surface area contributed by atoms with Crippen molar-refractivity contribution in [3.63, 3.8) is 0 Å². The lowest BCUT2D eigenvalue weighted by Crippen LogP contribution is -2.32. The van der Waals surface area contributed by atoms with Crippen LogP contribution >= 0.6 is 23.5 Å². The summed E-state index contributed by atoms with van der Waals surface area (Å²) in [6, 6.07) is 14.5. The van der Waals surface area contributed by atoms with E-state index in [1.807, 2.05) is 6.92 Å². The van der Waals surface area contributed by atoms with Gasteiger partial charge in [-0.05, 0) is 38.1 Å². The fourth-order valence-electron chi connectivity index (χ4n) is 2.03. The number of hydrogen-bond donors (Lipinski definition) is 1. The van der Waals surface area contributed by atoms with Crippen LogP contribution in [0.3, 0.4) is 0 Å². The van der Waals surface area contributed by atoms with Gasteiger partial charge in [-0.1, -0.05) is 17.7 Å². The number of non-ortho nitro benzene ring substituents is 1. The van der Waals surface area contributed by atoms with E-state index in [2.05, 4.69) is 36.5 Å². The summed E-state index contributed by atoms with van der Waals surface area (Å²) < 4.78 is 0. The zero-order valence-corrected chi connectivity index (χ0v) is 15.7. The van der Waals surface area contributed by atoms with Gasteiger partial charge in [-0.2, -0.15) is 0 Å². The predicted molar refractivity (Wildman–Crippen MR) is 103 cm³/mol. The van der Waals surface area contributed by atoms with Crippen molar-refractivity contribution in [2.75, 3.05) is 12.3 Å². The van der Waals surface area contributed by atoms with Gasteiger partial charge in [0.25, 0.3) is 5.69 Å². The standard InChI is InChI=1S/C18H20N2O3S2/c1-13-3-7-16(8-4-13)24-12-11-19-18(21)14(2)25-17-9-5-15(6-10-17)20(22)23/h3-10,14H,11-12H2,1-2H3,(H,19,21). The summed E-state index contributed by atoms with van der Waals surface area (Å²) >= 11 is 3.09. The number of nitrogens with zero attached hydrogens (tertiary/aromatic N) is 1. The molecule has 0 spiro atoms. The van der Waals surface area contributed by atoms with E-state index in [0.29, 0.717) is 6.54 Å². The highest BCUT2D eigenvalue weighted by atomic mass is 32.2. The molecule has 0 aliphatic rings. The minimum Gasteiger partial charge on any atom is -0.354 e. The van der Waals surface area contributed by atoms with E-state index in [1.165, 1.54) is 34.4 Å². The molecule has 2 aromatic rings. The molecule has 1 N–H and O–H groups in total. The highest BCUT2D eigenvalue weighted by molar-refractivity contribution is 8.00. The van der Waals surface area contributed by atoms with Crippen molar-refractivity contribution in [1.82, 2.24) is 5.32 Å². The quantitative estimate of drug-likeness (QED) is 0.322. The molecule has 25 heavy (non-hydrogen) atoms. The molecule has 2 aromatic carbocycles. The molecule has 1 unspecified atom stereocenters. The summed E-state index contributed by atoms with van der Waals surface area (Å²) in [4.78, 5) is 24.4. The van der Waals surface area contributed by atoms with E-state index in [4.69, 9.17) is 0 Å². The van der Waals surface area contributed by atoms with Gasteiger partial charge in [-0.3, -0.25) is 14.9 Å². The minimum absolute atomic E-state index is 0.0344. The van der Waals surface area contributed by atoms with Gasteiger partial charge < -0.3 is 5.32 Å². The van der Waals surface area contributed by atoms with Gasteiger partial charge in [0.1, 0.15) is 0 Å². The molecule has 2 rings (SSSR count). The monoisotopic (exact) mass is 376 g/mol. The van der Waals surface area contributed by atoms with Crippen LogP contribution in [-0.2, 0) is 4.79 Å². The Labute approximate surface area is 155 Å². The topological polar surface area (TPSA) is 72.2 Å². The first-order chi connectivity index (χ1) is 12.0. The van der Waals surface area contributed by atoms with Gasteiger partial charge in [0.05, 0.1) is 10.2 Å². The fourth-order valence-corrected chi connectivity index (χ4v) is 3.69. The van der Waals surface area contributed by atoms with Crippen LogP contribution in [0.25, 0.3) is 0 Å². The average Bonchev–Trinajstić information content (AvgIpc) is 2.60. The third-order valence-corrected chi connectivity index (χ3v) is 5.55. The Morgan fingerprint density at radius 3 is 2.32 bits per heavy atom. The lowest BCUT2D eigenvalue weighted by atomic mass is 10.2. The highest BCUT2D eigenvalue weighted by Gasteiger charge is 2.14. The molecule has 132 valence electrons. The second-order valence-electron chi connectivity index (χ2n) is 5.46. The Morgan fingerprint density at radius 1 is 1.12 bits per heavy atom. The van der Waals surface area contributed by atoms with Crippen molar-refractivity contribution in [3.8, 4) is 0 Å². The number of benzene rings is 2. The summed E-state index contributed by atoms with van der Waals surface area (Å²) in [6.45, 7) is 4.48. The summed E-state index contributed by atoms with van der Waals surface area (Å²) in [6.07, 6.45) is 0. The van der Waals surface area contributed by atoms with Crippen molar-refractivity contribution < 1.29 is 9.72 Å². The number of nitro benzene ring substituents is 1. The molecular formula is C18H20N2O3S2. The first-order valence-electron chi connectivity index (χ1n) is 7.84. The zero-order chi connectivity index (χ0) is 18.2.